The number of carbonyl (C=O) groups excluding carboxylic acids is 1. The lowest BCUT2D eigenvalue weighted by atomic mass is 9.78. The van der Waals surface area contributed by atoms with Gasteiger partial charge in [0, 0.05) is 5.92 Å². The number of halogens is 1. The van der Waals surface area contributed by atoms with E-state index in [-0.39, 0.29) is 17.2 Å². The molecule has 0 spiro atoms. The monoisotopic (exact) mass is 271 g/mol. The number of fused-ring (bicyclic) bond motifs is 1. The fraction of sp³-hybridized carbons (Fsp3) is 0.188. The second-order valence-electron chi connectivity index (χ2n) is 4.93. The van der Waals surface area contributed by atoms with E-state index in [9.17, 15) is 9.18 Å². The summed E-state index contributed by atoms with van der Waals surface area (Å²) in [6.07, 6.45) is 0.916. The zero-order valence-electron chi connectivity index (χ0n) is 10.8. The third-order valence-corrected chi connectivity index (χ3v) is 3.61. The fourth-order valence-electron chi connectivity index (χ4n) is 2.43. The molecule has 3 nitrogen and oxygen atoms in total. The van der Waals surface area contributed by atoms with Gasteiger partial charge in [-0.15, -0.1) is 0 Å². The molecule has 0 aliphatic heterocycles. The predicted molar refractivity (Wildman–Crippen MR) is 74.0 cm³/mol. The molecular weight excluding hydrogens is 257 g/mol. The Kier molecular flexibility index (Phi) is 3.14. The molecule has 2 N–H and O–H groups in total. The Morgan fingerprint density at radius 1 is 1.30 bits per heavy atom. The van der Waals surface area contributed by atoms with Gasteiger partial charge < -0.3 is 10.5 Å². The molecule has 20 heavy (non-hydrogen) atoms. The van der Waals surface area contributed by atoms with Crippen LogP contribution in [0.4, 0.5) is 10.1 Å². The zero-order chi connectivity index (χ0) is 14.1. The molecule has 0 heterocycles. The van der Waals surface area contributed by atoms with E-state index >= 15 is 0 Å². The molecule has 1 aliphatic rings. The van der Waals surface area contributed by atoms with Crippen LogP contribution in [0.3, 0.4) is 0 Å². The highest BCUT2D eigenvalue weighted by Gasteiger charge is 2.26. The second kappa shape index (κ2) is 4.96. The van der Waals surface area contributed by atoms with E-state index in [1.165, 1.54) is 23.3 Å². The van der Waals surface area contributed by atoms with Crippen LogP contribution in [0.5, 0.6) is 0 Å². The van der Waals surface area contributed by atoms with E-state index in [0.717, 1.165) is 12.5 Å². The van der Waals surface area contributed by atoms with E-state index in [2.05, 4.69) is 6.07 Å². The molecule has 4 heteroatoms. The Labute approximate surface area is 116 Å². The number of hydrogen-bond acceptors (Lipinski definition) is 3. The molecule has 0 saturated carbocycles. The Bertz CT molecular complexity index is 669. The maximum Gasteiger partial charge on any atom is 0.338 e. The molecule has 0 bridgehead atoms. The van der Waals surface area contributed by atoms with Crippen molar-refractivity contribution in [3.8, 4) is 0 Å². The first-order chi connectivity index (χ1) is 9.65. The average molecular weight is 271 g/mol. The second-order valence-corrected chi connectivity index (χ2v) is 4.93. The Balaban J connectivity index is 1.62. The van der Waals surface area contributed by atoms with Crippen LogP contribution in [0.25, 0.3) is 0 Å². The Morgan fingerprint density at radius 2 is 2.10 bits per heavy atom. The molecule has 0 fully saturated rings. The van der Waals surface area contributed by atoms with Crippen LogP contribution in [0, 0.1) is 5.82 Å². The average Bonchev–Trinajstić information content (AvgIpc) is 2.42. The van der Waals surface area contributed by atoms with Gasteiger partial charge in [0.2, 0.25) is 0 Å². The van der Waals surface area contributed by atoms with Crippen molar-refractivity contribution in [3.05, 3.63) is 65.0 Å². The largest absolute Gasteiger partial charge is 0.461 e. The van der Waals surface area contributed by atoms with Crippen LogP contribution in [0.1, 0.15) is 27.4 Å². The number of esters is 1. The molecule has 2 aromatic carbocycles. The maximum atomic E-state index is 13.3. The van der Waals surface area contributed by atoms with Crippen LogP contribution in [0.2, 0.25) is 0 Å². The number of ether oxygens (including phenoxy) is 1. The molecule has 0 amide bonds. The summed E-state index contributed by atoms with van der Waals surface area (Å²) in [4.78, 5) is 11.8. The summed E-state index contributed by atoms with van der Waals surface area (Å²) in [5, 5.41) is 0. The van der Waals surface area contributed by atoms with Gasteiger partial charge in [0.15, 0.2) is 0 Å². The van der Waals surface area contributed by atoms with Crippen LogP contribution in [-0.2, 0) is 11.2 Å². The summed E-state index contributed by atoms with van der Waals surface area (Å²) < 4.78 is 18.5. The van der Waals surface area contributed by atoms with E-state index in [1.807, 2.05) is 18.2 Å². The molecule has 2 aromatic rings. The van der Waals surface area contributed by atoms with Crippen molar-refractivity contribution >= 4 is 11.7 Å². The summed E-state index contributed by atoms with van der Waals surface area (Å²) in [5.41, 5.74) is 8.10. The van der Waals surface area contributed by atoms with Gasteiger partial charge in [-0.2, -0.15) is 0 Å². The third kappa shape index (κ3) is 2.25. The highest BCUT2D eigenvalue weighted by molar-refractivity contribution is 5.89. The van der Waals surface area contributed by atoms with Gasteiger partial charge >= 0.3 is 5.97 Å². The minimum atomic E-state index is -0.603. The van der Waals surface area contributed by atoms with Gasteiger partial charge in [-0.3, -0.25) is 0 Å². The van der Waals surface area contributed by atoms with E-state index in [1.54, 1.807) is 0 Å². The van der Waals surface area contributed by atoms with Crippen molar-refractivity contribution in [2.24, 2.45) is 0 Å². The van der Waals surface area contributed by atoms with Crippen LogP contribution >= 0.6 is 0 Å². The number of hydrogen-bond donors (Lipinski definition) is 1. The first kappa shape index (κ1) is 12.7. The first-order valence-corrected chi connectivity index (χ1v) is 6.45. The van der Waals surface area contributed by atoms with E-state index < -0.39 is 11.8 Å². The van der Waals surface area contributed by atoms with Crippen molar-refractivity contribution in [2.75, 3.05) is 12.3 Å². The number of nitrogen functional groups attached to an aromatic ring is 1. The standard InChI is InChI=1S/C16H14FNO2/c17-14-8-11(5-6-15(14)18)16(19)20-9-12-7-10-3-1-2-4-13(10)12/h1-6,8,12H,7,9,18H2. The quantitative estimate of drug-likeness (QED) is 0.690. The fourth-order valence-corrected chi connectivity index (χ4v) is 2.43. The van der Waals surface area contributed by atoms with Gasteiger partial charge in [-0.1, -0.05) is 24.3 Å². The van der Waals surface area contributed by atoms with Gasteiger partial charge in [-0.25, -0.2) is 9.18 Å². The lowest BCUT2D eigenvalue weighted by Crippen LogP contribution is -2.23. The van der Waals surface area contributed by atoms with Crippen molar-refractivity contribution < 1.29 is 13.9 Å². The molecule has 1 aliphatic carbocycles. The molecule has 102 valence electrons. The number of nitrogens with two attached hydrogens (primary N) is 1. The predicted octanol–water partition coefficient (Wildman–Crippen LogP) is 2.90. The smallest absolute Gasteiger partial charge is 0.338 e. The molecule has 1 unspecified atom stereocenters. The SMILES string of the molecule is Nc1ccc(C(=O)OCC2Cc3ccccc32)cc1F. The van der Waals surface area contributed by atoms with Crippen LogP contribution in [0.15, 0.2) is 42.5 Å². The normalized spacial score (nSPS) is 16.1. The number of rotatable bonds is 3. The van der Waals surface area contributed by atoms with Gasteiger partial charge in [0.25, 0.3) is 0 Å². The zero-order valence-corrected chi connectivity index (χ0v) is 10.8. The minimum Gasteiger partial charge on any atom is -0.461 e. The number of benzene rings is 2. The van der Waals surface area contributed by atoms with Gasteiger partial charge in [0.05, 0.1) is 17.9 Å². The van der Waals surface area contributed by atoms with Crippen molar-refractivity contribution in [3.63, 3.8) is 0 Å². The Hall–Kier alpha value is -2.36. The highest BCUT2D eigenvalue weighted by atomic mass is 19.1. The summed E-state index contributed by atoms with van der Waals surface area (Å²) in [5.74, 6) is -0.879. The minimum absolute atomic E-state index is 0.0227. The molecular formula is C16H14FNO2. The molecule has 3 rings (SSSR count). The van der Waals surface area contributed by atoms with Gasteiger partial charge in [-0.05, 0) is 35.7 Å². The highest BCUT2D eigenvalue weighted by Crippen LogP contribution is 2.34. The lowest BCUT2D eigenvalue weighted by Gasteiger charge is -2.29. The van der Waals surface area contributed by atoms with Crippen LogP contribution in [-0.4, -0.2) is 12.6 Å². The van der Waals surface area contributed by atoms with Crippen molar-refractivity contribution in [1.82, 2.24) is 0 Å². The molecule has 1 atom stereocenters. The van der Waals surface area contributed by atoms with Crippen molar-refractivity contribution in [2.45, 2.75) is 12.3 Å². The van der Waals surface area contributed by atoms with E-state index in [4.69, 9.17) is 10.5 Å². The number of anilines is 1. The van der Waals surface area contributed by atoms with Crippen molar-refractivity contribution in [1.29, 1.82) is 0 Å². The lowest BCUT2D eigenvalue weighted by molar-refractivity contribution is 0.0469. The molecule has 0 saturated heterocycles. The summed E-state index contributed by atoms with van der Waals surface area (Å²) >= 11 is 0. The summed E-state index contributed by atoms with van der Waals surface area (Å²) in [6, 6.07) is 12.0. The van der Waals surface area contributed by atoms with Gasteiger partial charge in [0.1, 0.15) is 5.82 Å². The third-order valence-electron chi connectivity index (χ3n) is 3.61. The summed E-state index contributed by atoms with van der Waals surface area (Å²) in [6.45, 7) is 0.321. The molecule has 0 radical (unpaired) electrons. The first-order valence-electron chi connectivity index (χ1n) is 6.45. The van der Waals surface area contributed by atoms with E-state index in [0.29, 0.717) is 6.61 Å². The summed E-state index contributed by atoms with van der Waals surface area (Å²) in [7, 11) is 0. The van der Waals surface area contributed by atoms with Crippen LogP contribution < -0.4 is 5.73 Å². The Morgan fingerprint density at radius 3 is 2.85 bits per heavy atom. The maximum absolute atomic E-state index is 13.3. The number of carbonyl (C=O) groups is 1. The molecule has 0 aromatic heterocycles. The topological polar surface area (TPSA) is 52.3 Å².